The van der Waals surface area contributed by atoms with Gasteiger partial charge in [0.25, 0.3) is 0 Å². The van der Waals surface area contributed by atoms with Crippen molar-refractivity contribution in [3.63, 3.8) is 0 Å². The maximum atomic E-state index is 6.10. The van der Waals surface area contributed by atoms with Crippen LogP contribution in [0.3, 0.4) is 0 Å². The van der Waals surface area contributed by atoms with Crippen LogP contribution >= 0.6 is 0 Å². The minimum Gasteiger partial charge on any atom is -0.371 e. The van der Waals surface area contributed by atoms with E-state index in [0.717, 1.165) is 19.5 Å². The van der Waals surface area contributed by atoms with Crippen LogP contribution in [0.25, 0.3) is 0 Å². The van der Waals surface area contributed by atoms with Crippen molar-refractivity contribution in [2.75, 3.05) is 29.9 Å². The summed E-state index contributed by atoms with van der Waals surface area (Å²) in [5, 5.41) is 0. The molecule has 1 atom stereocenters. The van der Waals surface area contributed by atoms with E-state index < -0.39 is 0 Å². The molecule has 0 saturated carbocycles. The van der Waals surface area contributed by atoms with E-state index in [1.165, 1.54) is 22.6 Å². The van der Waals surface area contributed by atoms with Gasteiger partial charge in [0.05, 0.1) is 11.4 Å². The Labute approximate surface area is 127 Å². The molecule has 1 unspecified atom stereocenters. The first kappa shape index (κ1) is 14.0. The second kappa shape index (κ2) is 5.78. The number of benzene rings is 2. The van der Waals surface area contributed by atoms with E-state index in [1.807, 2.05) is 0 Å². The smallest absolute Gasteiger partial charge is 0.0649 e. The SMILES string of the molecule is CCC(N)c1ccc(N2CCN(C)c3ccccc32)cc1. The summed E-state index contributed by atoms with van der Waals surface area (Å²) in [6, 6.07) is 17.4. The highest BCUT2D eigenvalue weighted by Gasteiger charge is 2.20. The van der Waals surface area contributed by atoms with Crippen molar-refractivity contribution < 1.29 is 0 Å². The summed E-state index contributed by atoms with van der Waals surface area (Å²) in [7, 11) is 2.15. The van der Waals surface area contributed by atoms with Crippen molar-refractivity contribution in [1.82, 2.24) is 0 Å². The summed E-state index contributed by atoms with van der Waals surface area (Å²) in [5.41, 5.74) is 11.1. The molecular formula is C18H23N3. The third-order valence-corrected chi connectivity index (χ3v) is 4.32. The van der Waals surface area contributed by atoms with Crippen LogP contribution in [-0.2, 0) is 0 Å². The van der Waals surface area contributed by atoms with Gasteiger partial charge >= 0.3 is 0 Å². The van der Waals surface area contributed by atoms with Gasteiger partial charge in [-0.15, -0.1) is 0 Å². The molecule has 0 spiro atoms. The number of para-hydroxylation sites is 2. The Bertz CT molecular complexity index is 606. The fraction of sp³-hybridized carbons (Fsp3) is 0.333. The largest absolute Gasteiger partial charge is 0.371 e. The minimum absolute atomic E-state index is 0.138. The maximum absolute atomic E-state index is 6.10. The van der Waals surface area contributed by atoms with Crippen molar-refractivity contribution in [2.45, 2.75) is 19.4 Å². The molecule has 0 saturated heterocycles. The molecule has 0 bridgehead atoms. The van der Waals surface area contributed by atoms with Crippen LogP contribution in [0.15, 0.2) is 48.5 Å². The molecule has 1 heterocycles. The highest BCUT2D eigenvalue weighted by atomic mass is 15.3. The fourth-order valence-corrected chi connectivity index (χ4v) is 2.91. The lowest BCUT2D eigenvalue weighted by atomic mass is 10.0. The number of nitrogens with zero attached hydrogens (tertiary/aromatic N) is 2. The quantitative estimate of drug-likeness (QED) is 0.931. The van der Waals surface area contributed by atoms with Gasteiger partial charge in [-0.1, -0.05) is 31.2 Å². The van der Waals surface area contributed by atoms with Gasteiger partial charge in [-0.05, 0) is 36.2 Å². The summed E-state index contributed by atoms with van der Waals surface area (Å²) < 4.78 is 0. The van der Waals surface area contributed by atoms with Gasteiger partial charge in [0.15, 0.2) is 0 Å². The molecule has 110 valence electrons. The Morgan fingerprint density at radius 1 is 1.00 bits per heavy atom. The number of fused-ring (bicyclic) bond motifs is 1. The van der Waals surface area contributed by atoms with Crippen molar-refractivity contribution in [2.24, 2.45) is 5.73 Å². The third kappa shape index (κ3) is 2.61. The number of likely N-dealkylation sites (N-methyl/N-ethyl adjacent to an activating group) is 1. The first-order chi connectivity index (χ1) is 10.2. The molecule has 3 heteroatoms. The molecule has 3 rings (SSSR count). The summed E-state index contributed by atoms with van der Waals surface area (Å²) in [5.74, 6) is 0. The topological polar surface area (TPSA) is 32.5 Å². The van der Waals surface area contributed by atoms with Gasteiger partial charge in [0, 0.05) is 31.9 Å². The van der Waals surface area contributed by atoms with E-state index in [1.54, 1.807) is 0 Å². The standard InChI is InChI=1S/C18H23N3/c1-3-16(19)14-8-10-15(11-9-14)21-13-12-20(2)17-6-4-5-7-18(17)21/h4-11,16H,3,12-13,19H2,1-2H3. The van der Waals surface area contributed by atoms with Crippen LogP contribution < -0.4 is 15.5 Å². The molecule has 2 aromatic carbocycles. The number of rotatable bonds is 3. The minimum atomic E-state index is 0.138. The highest BCUT2D eigenvalue weighted by Crippen LogP contribution is 2.36. The Kier molecular flexibility index (Phi) is 3.84. The maximum Gasteiger partial charge on any atom is 0.0649 e. The molecule has 21 heavy (non-hydrogen) atoms. The third-order valence-electron chi connectivity index (χ3n) is 4.32. The predicted molar refractivity (Wildman–Crippen MR) is 90.4 cm³/mol. The lowest BCUT2D eigenvalue weighted by Gasteiger charge is -2.37. The van der Waals surface area contributed by atoms with Gasteiger partial charge in [-0.25, -0.2) is 0 Å². The van der Waals surface area contributed by atoms with Crippen molar-refractivity contribution in [3.05, 3.63) is 54.1 Å². The molecule has 1 aliphatic heterocycles. The summed E-state index contributed by atoms with van der Waals surface area (Å²) in [4.78, 5) is 4.70. The Morgan fingerprint density at radius 2 is 1.67 bits per heavy atom. The fourth-order valence-electron chi connectivity index (χ4n) is 2.91. The summed E-state index contributed by atoms with van der Waals surface area (Å²) >= 11 is 0. The van der Waals surface area contributed by atoms with Gasteiger partial charge in [0.2, 0.25) is 0 Å². The Hall–Kier alpha value is -2.00. The molecular weight excluding hydrogens is 258 g/mol. The van der Waals surface area contributed by atoms with E-state index in [9.17, 15) is 0 Å². The van der Waals surface area contributed by atoms with Crippen molar-refractivity contribution in [3.8, 4) is 0 Å². The molecule has 1 aliphatic rings. The molecule has 0 radical (unpaired) electrons. The predicted octanol–water partition coefficient (Wildman–Crippen LogP) is 3.68. The Balaban J connectivity index is 1.93. The second-order valence-corrected chi connectivity index (χ2v) is 5.67. The van der Waals surface area contributed by atoms with E-state index >= 15 is 0 Å². The van der Waals surface area contributed by atoms with Gasteiger partial charge in [-0.3, -0.25) is 0 Å². The van der Waals surface area contributed by atoms with E-state index in [4.69, 9.17) is 5.73 Å². The van der Waals surface area contributed by atoms with Crippen LogP contribution in [0.2, 0.25) is 0 Å². The normalized spacial score (nSPS) is 15.8. The Morgan fingerprint density at radius 3 is 2.33 bits per heavy atom. The van der Waals surface area contributed by atoms with Crippen LogP contribution in [0, 0.1) is 0 Å². The first-order valence-electron chi connectivity index (χ1n) is 7.64. The summed E-state index contributed by atoms with van der Waals surface area (Å²) in [6.07, 6.45) is 0.969. The zero-order valence-electron chi connectivity index (χ0n) is 12.8. The molecule has 0 aromatic heterocycles. The monoisotopic (exact) mass is 281 g/mol. The number of anilines is 3. The second-order valence-electron chi connectivity index (χ2n) is 5.67. The van der Waals surface area contributed by atoms with Gasteiger partial charge in [0.1, 0.15) is 0 Å². The number of nitrogens with two attached hydrogens (primary N) is 1. The average molecular weight is 281 g/mol. The zero-order valence-corrected chi connectivity index (χ0v) is 12.8. The van der Waals surface area contributed by atoms with Crippen LogP contribution in [-0.4, -0.2) is 20.1 Å². The van der Waals surface area contributed by atoms with Crippen LogP contribution in [0.1, 0.15) is 24.9 Å². The van der Waals surface area contributed by atoms with E-state index in [-0.39, 0.29) is 6.04 Å². The molecule has 0 amide bonds. The molecule has 0 fully saturated rings. The zero-order chi connectivity index (χ0) is 14.8. The van der Waals surface area contributed by atoms with E-state index in [0.29, 0.717) is 0 Å². The van der Waals surface area contributed by atoms with Crippen molar-refractivity contribution in [1.29, 1.82) is 0 Å². The first-order valence-corrected chi connectivity index (χ1v) is 7.64. The van der Waals surface area contributed by atoms with Gasteiger partial charge < -0.3 is 15.5 Å². The lowest BCUT2D eigenvalue weighted by molar-refractivity contribution is 0.698. The number of hydrogen-bond acceptors (Lipinski definition) is 3. The summed E-state index contributed by atoms with van der Waals surface area (Å²) in [6.45, 7) is 4.16. The molecule has 2 N–H and O–H groups in total. The molecule has 2 aromatic rings. The lowest BCUT2D eigenvalue weighted by Crippen LogP contribution is -2.36. The van der Waals surface area contributed by atoms with E-state index in [2.05, 4.69) is 72.3 Å². The van der Waals surface area contributed by atoms with Crippen molar-refractivity contribution >= 4 is 17.1 Å². The number of hydrogen-bond donors (Lipinski definition) is 1. The van der Waals surface area contributed by atoms with Crippen LogP contribution in [0.5, 0.6) is 0 Å². The van der Waals surface area contributed by atoms with Gasteiger partial charge in [-0.2, -0.15) is 0 Å². The molecule has 3 nitrogen and oxygen atoms in total. The highest BCUT2D eigenvalue weighted by molar-refractivity contribution is 5.79. The molecule has 0 aliphatic carbocycles. The average Bonchev–Trinajstić information content (AvgIpc) is 2.55. The van der Waals surface area contributed by atoms with Crippen LogP contribution in [0.4, 0.5) is 17.1 Å².